The Morgan fingerprint density at radius 1 is 0.726 bits per heavy atom. The van der Waals surface area contributed by atoms with Gasteiger partial charge in [0.05, 0.1) is 48.2 Å². The van der Waals surface area contributed by atoms with Gasteiger partial charge in [0.1, 0.15) is 43.4 Å². The van der Waals surface area contributed by atoms with Crippen LogP contribution in [-0.2, 0) is 45.7 Å². The molecule has 0 aliphatic rings. The number of anilines is 5. The van der Waals surface area contributed by atoms with Crippen molar-refractivity contribution in [2.24, 2.45) is 10.2 Å². The topological polar surface area (TPSA) is 302 Å². The van der Waals surface area contributed by atoms with E-state index in [0.717, 1.165) is 45.9 Å². The van der Waals surface area contributed by atoms with Gasteiger partial charge in [0.25, 0.3) is 10.0 Å². The molecule has 2 N–H and O–H groups in total. The molecule has 0 amide bonds. The van der Waals surface area contributed by atoms with E-state index in [0.29, 0.717) is 52.0 Å². The molecule has 372 valence electrons. The van der Waals surface area contributed by atoms with Crippen LogP contribution in [0.4, 0.5) is 40.2 Å². The van der Waals surface area contributed by atoms with E-state index in [-0.39, 0.29) is 103 Å². The second-order valence-electron chi connectivity index (χ2n) is 18.0. The molecule has 0 spiro atoms. The van der Waals surface area contributed by atoms with Gasteiger partial charge in [-0.05, 0) is 119 Å². The molecular weight excluding hydrogens is 1060 g/mol. The number of rotatable bonds is 13. The van der Waals surface area contributed by atoms with Crippen molar-refractivity contribution in [1.82, 2.24) is 19.7 Å². The molecule has 0 aliphatic heterocycles. The Hall–Kier alpha value is -4.66. The van der Waals surface area contributed by atoms with Crippen LogP contribution in [-0.4, -0.2) is 68.8 Å². The van der Waals surface area contributed by atoms with E-state index >= 15 is 0 Å². The molecule has 73 heavy (non-hydrogen) atoms. The molecule has 0 saturated carbocycles. The summed E-state index contributed by atoms with van der Waals surface area (Å²) in [4.78, 5) is 7.01. The summed E-state index contributed by atoms with van der Waals surface area (Å²) < 4.78 is 131. The van der Waals surface area contributed by atoms with E-state index in [9.17, 15) is 48.0 Å². The fourth-order valence-electron chi connectivity index (χ4n) is 8.08. The Morgan fingerprint density at radius 3 is 1.84 bits per heavy atom. The van der Waals surface area contributed by atoms with Crippen LogP contribution < -0.4 is 73.5 Å². The van der Waals surface area contributed by atoms with E-state index in [1.807, 2.05) is 91.3 Å². The van der Waals surface area contributed by atoms with Gasteiger partial charge in [0.15, 0.2) is 11.6 Å². The van der Waals surface area contributed by atoms with Gasteiger partial charge in [-0.1, -0.05) is 67.5 Å². The first kappa shape index (κ1) is 59.2. The third kappa shape index (κ3) is 12.6. The second kappa shape index (κ2) is 21.5. The monoisotopic (exact) mass is 1100 g/mol. The number of nitrogens with one attached hydrogen (secondary N) is 2. The molecule has 7 aromatic rings. The number of aryl methyl sites for hydroxylation is 7. The van der Waals surface area contributed by atoms with Crippen LogP contribution in [0, 0.1) is 59.8 Å². The normalized spacial score (nSPS) is 12.3. The predicted octanol–water partition coefficient (Wildman–Crippen LogP) is 3.08. The summed E-state index contributed by atoms with van der Waals surface area (Å²) in [6.45, 7) is 18.6. The van der Waals surface area contributed by atoms with Gasteiger partial charge in [0.2, 0.25) is 15.2 Å². The first-order chi connectivity index (χ1) is 32.8. The van der Waals surface area contributed by atoms with Crippen molar-refractivity contribution in [2.75, 3.05) is 20.6 Å². The molecule has 0 unspecified atom stereocenters. The van der Waals surface area contributed by atoms with Crippen LogP contribution in [0.2, 0.25) is 0 Å². The summed E-state index contributed by atoms with van der Waals surface area (Å²) >= 11 is 0.932. The zero-order valence-corrected chi connectivity index (χ0v) is 50.1. The first-order valence-corrected chi connectivity index (χ1v) is 28.1. The Labute approximate surface area is 472 Å². The van der Waals surface area contributed by atoms with Gasteiger partial charge in [-0.15, -0.1) is 10.2 Å². The molecule has 0 radical (unpaired) electrons. The molecular formula is C46H46N10Na2O10S5. The SMILES string of the molecule is Cc1cc(C)c(Nc2nc(N(c3c(C)cc(C)cc3C)S(C)(=O)=O)cc(C)c2N=Nc2c(C#N)c(C(C)(C)C)nn2-c2nc3ccc(S(=O)(=O)Nc4cc(S(=O)(=O)[O-])ccc4S(=O)(=O)[O-])cc3s2)c(C)c1.[Na+].[Na+]. The quantitative estimate of drug-likeness (QED) is 0.0953. The third-order valence-corrected chi connectivity index (χ3v) is 16.1. The smallest absolute Gasteiger partial charge is 0.744 e. The Bertz CT molecular complexity index is 3880. The van der Waals surface area contributed by atoms with E-state index in [1.165, 1.54) is 21.1 Å². The van der Waals surface area contributed by atoms with Crippen molar-refractivity contribution in [3.8, 4) is 11.2 Å². The number of nitriles is 1. The number of nitrogens with zero attached hydrogens (tertiary/aromatic N) is 8. The summed E-state index contributed by atoms with van der Waals surface area (Å²) in [5.74, 6) is 0.151. The van der Waals surface area contributed by atoms with Gasteiger partial charge in [0, 0.05) is 11.1 Å². The summed E-state index contributed by atoms with van der Waals surface area (Å²) in [5.41, 5.74) is 5.79. The van der Waals surface area contributed by atoms with Crippen molar-refractivity contribution in [1.29, 1.82) is 5.26 Å². The van der Waals surface area contributed by atoms with Crippen LogP contribution in [0.5, 0.6) is 0 Å². The molecule has 0 fully saturated rings. The van der Waals surface area contributed by atoms with Gasteiger partial charge in [-0.3, -0.25) is 4.72 Å². The maximum Gasteiger partial charge on any atom is 1.00 e. The van der Waals surface area contributed by atoms with Crippen molar-refractivity contribution >= 4 is 102 Å². The summed E-state index contributed by atoms with van der Waals surface area (Å²) in [6.07, 6.45) is 1.10. The molecule has 3 heterocycles. The van der Waals surface area contributed by atoms with Crippen LogP contribution in [0.1, 0.15) is 71.0 Å². The number of hydrogen-bond donors (Lipinski definition) is 2. The van der Waals surface area contributed by atoms with Crippen LogP contribution in [0.15, 0.2) is 91.6 Å². The Balaban J connectivity index is 0.00000494. The minimum atomic E-state index is -5.37. The number of sulfonamides is 2. The molecule has 3 aromatic heterocycles. The average Bonchev–Trinajstić information content (AvgIpc) is 3.83. The number of pyridine rings is 1. The van der Waals surface area contributed by atoms with Gasteiger partial charge < -0.3 is 14.4 Å². The van der Waals surface area contributed by atoms with Gasteiger partial charge in [-0.2, -0.15) is 15.0 Å². The molecule has 0 atom stereocenters. The largest absolute Gasteiger partial charge is 1.00 e. The summed E-state index contributed by atoms with van der Waals surface area (Å²) in [7, 11) is -19.3. The number of hydrogen-bond acceptors (Lipinski definition) is 18. The van der Waals surface area contributed by atoms with E-state index in [4.69, 9.17) is 15.2 Å². The molecule has 7 rings (SSSR count). The molecule has 4 aromatic carbocycles. The third-order valence-electron chi connectivity index (χ3n) is 11.0. The molecule has 0 aliphatic carbocycles. The van der Waals surface area contributed by atoms with Crippen LogP contribution in [0.25, 0.3) is 15.3 Å². The minimum Gasteiger partial charge on any atom is -0.744 e. The molecule has 27 heteroatoms. The maximum absolute atomic E-state index is 13.7. The molecule has 20 nitrogen and oxygen atoms in total. The molecule has 0 saturated heterocycles. The van der Waals surface area contributed by atoms with Crippen molar-refractivity contribution in [3.05, 3.63) is 117 Å². The van der Waals surface area contributed by atoms with Crippen molar-refractivity contribution < 1.29 is 102 Å². The van der Waals surface area contributed by atoms with E-state index in [1.54, 1.807) is 13.0 Å². The van der Waals surface area contributed by atoms with E-state index < -0.39 is 66.1 Å². The maximum atomic E-state index is 13.7. The summed E-state index contributed by atoms with van der Waals surface area (Å²) in [6, 6.07) is 16.7. The van der Waals surface area contributed by atoms with Crippen LogP contribution >= 0.6 is 11.3 Å². The average molecular weight is 1110 g/mol. The summed E-state index contributed by atoms with van der Waals surface area (Å²) in [5, 5.41) is 28.3. The zero-order valence-electron chi connectivity index (χ0n) is 42.1. The number of fused-ring (bicyclic) bond motifs is 1. The standard InChI is InChI=1S/C46H48N10O10S5.2Na/c1-24-16-26(3)39(27(4)17-24)50-43-40(28(5)20-38(49-43)56(68(11,57)58)41-29(6)18-25(2)19-30(41)7)51-52-44-33(23-47)42(46(8,9)10)53-55(44)45-48-34-14-12-31(22-36(34)67-45)69(59,60)54-35-21-32(70(61,62)63)13-15-37(35)71(64,65)66;;/h12-22,54H,1-11H3,(H,49,50)(H,61,62,63)(H,64,65,66);;/q;2*+1/p-2. The van der Waals surface area contributed by atoms with Gasteiger partial charge >= 0.3 is 59.1 Å². The van der Waals surface area contributed by atoms with E-state index in [2.05, 4.69) is 21.5 Å². The number of thiazole rings is 1. The number of azo groups is 1. The second-order valence-corrected chi connectivity index (χ2v) is 25.2. The number of aromatic nitrogens is 4. The predicted molar refractivity (Wildman–Crippen MR) is 268 cm³/mol. The fraction of sp³-hybridized carbons (Fsp3) is 0.261. The first-order valence-electron chi connectivity index (χ1n) is 21.2. The van der Waals surface area contributed by atoms with Gasteiger partial charge in [-0.25, -0.2) is 47.9 Å². The Kier molecular flexibility index (Phi) is 17.5. The van der Waals surface area contributed by atoms with Crippen molar-refractivity contribution in [2.45, 2.75) is 89.3 Å². The molecule has 0 bridgehead atoms. The Morgan fingerprint density at radius 2 is 1.30 bits per heavy atom. The van der Waals surface area contributed by atoms with Crippen LogP contribution in [0.3, 0.4) is 0 Å². The number of benzene rings is 4. The fourth-order valence-corrected chi connectivity index (χ4v) is 12.4. The van der Waals surface area contributed by atoms with Crippen molar-refractivity contribution in [3.63, 3.8) is 0 Å². The zero-order chi connectivity index (χ0) is 52.5. The minimum absolute atomic E-state index is 0.